The highest BCUT2D eigenvalue weighted by Crippen LogP contribution is 2.59. The van der Waals surface area contributed by atoms with Gasteiger partial charge in [-0.2, -0.15) is 13.2 Å². The van der Waals surface area contributed by atoms with Crippen LogP contribution in [-0.4, -0.2) is 72.0 Å². The first-order valence-corrected chi connectivity index (χ1v) is 12.7. The molecule has 1 N–H and O–H groups in total. The van der Waals surface area contributed by atoms with Gasteiger partial charge in [0.25, 0.3) is 0 Å². The van der Waals surface area contributed by atoms with Gasteiger partial charge in [0.05, 0.1) is 6.54 Å². The van der Waals surface area contributed by atoms with Crippen LogP contribution < -0.4 is 5.32 Å². The summed E-state index contributed by atoms with van der Waals surface area (Å²) in [7, 11) is 0. The van der Waals surface area contributed by atoms with Gasteiger partial charge in [-0.15, -0.1) is 0 Å². The predicted octanol–water partition coefficient (Wildman–Crippen LogP) is 3.43. The topological polar surface area (TPSA) is 65.5 Å². The Morgan fingerprint density at radius 2 is 1.89 bits per heavy atom. The number of carbonyl (C=O) groups excluding carboxylic acids is 2. The zero-order valence-electron chi connectivity index (χ0n) is 19.9. The van der Waals surface area contributed by atoms with Crippen LogP contribution in [0, 0.1) is 17.3 Å². The smallest absolute Gasteiger partial charge is 0.352 e. The molecule has 0 radical (unpaired) electrons. The zero-order valence-corrected chi connectivity index (χ0v) is 19.9. The van der Waals surface area contributed by atoms with Crippen LogP contribution in [0.5, 0.6) is 0 Å². The number of alkyl halides is 3. The van der Waals surface area contributed by atoms with E-state index in [4.69, 9.17) is 0 Å². The van der Waals surface area contributed by atoms with Crippen LogP contribution in [0.3, 0.4) is 0 Å². The Labute approximate surface area is 203 Å². The highest BCUT2D eigenvalue weighted by molar-refractivity contribution is 6.00. The summed E-state index contributed by atoms with van der Waals surface area (Å²) >= 11 is 0. The molecular weight excluding hydrogens is 457 g/mol. The molecule has 5 rings (SSSR count). The van der Waals surface area contributed by atoms with Gasteiger partial charge in [0.2, 0.25) is 11.8 Å². The minimum atomic E-state index is -4.16. The van der Waals surface area contributed by atoms with Gasteiger partial charge in [0.1, 0.15) is 0 Å². The predicted molar refractivity (Wildman–Crippen MR) is 125 cm³/mol. The van der Waals surface area contributed by atoms with Crippen molar-refractivity contribution in [2.75, 3.05) is 39.3 Å². The minimum Gasteiger partial charge on any atom is -0.352 e. The summed E-state index contributed by atoms with van der Waals surface area (Å²) in [6.45, 7) is 2.12. The molecule has 1 saturated carbocycles. The number of amides is 2. The van der Waals surface area contributed by atoms with E-state index in [-0.39, 0.29) is 23.1 Å². The van der Waals surface area contributed by atoms with Crippen LogP contribution in [0.15, 0.2) is 24.0 Å². The maximum absolute atomic E-state index is 12.8. The van der Waals surface area contributed by atoms with E-state index < -0.39 is 12.7 Å². The number of aromatic nitrogens is 1. The molecule has 3 heterocycles. The van der Waals surface area contributed by atoms with Crippen LogP contribution in [0.2, 0.25) is 0 Å². The van der Waals surface area contributed by atoms with E-state index in [9.17, 15) is 22.8 Å². The van der Waals surface area contributed by atoms with Crippen molar-refractivity contribution in [2.24, 2.45) is 17.3 Å². The normalized spacial score (nSPS) is 24.3. The summed E-state index contributed by atoms with van der Waals surface area (Å²) in [4.78, 5) is 32.9. The lowest BCUT2D eigenvalue weighted by Gasteiger charge is -2.36. The fraction of sp³-hybridized carbons (Fsp3) is 0.654. The SMILES string of the molecule is O=C(NCC1CC12CCN(C(=O)CC1CCN(CC(F)(F)F)CC1)CC2)C1=Cc2cnccc2C1. The van der Waals surface area contributed by atoms with Crippen molar-refractivity contribution >= 4 is 17.9 Å². The number of likely N-dealkylation sites (tertiary alicyclic amines) is 2. The Morgan fingerprint density at radius 1 is 1.14 bits per heavy atom. The zero-order chi connectivity index (χ0) is 24.6. The number of fused-ring (bicyclic) bond motifs is 1. The van der Waals surface area contributed by atoms with Gasteiger partial charge in [0, 0.05) is 50.4 Å². The summed E-state index contributed by atoms with van der Waals surface area (Å²) in [5, 5.41) is 3.12. The Balaban J connectivity index is 1.01. The highest BCUT2D eigenvalue weighted by Gasteiger charge is 2.54. The lowest BCUT2D eigenvalue weighted by molar-refractivity contribution is -0.149. The monoisotopic (exact) mass is 490 g/mol. The number of nitrogens with one attached hydrogen (secondary N) is 1. The molecule has 190 valence electrons. The molecule has 1 unspecified atom stereocenters. The summed E-state index contributed by atoms with van der Waals surface area (Å²) in [6, 6.07) is 1.95. The van der Waals surface area contributed by atoms with Gasteiger partial charge >= 0.3 is 6.18 Å². The standard InChI is InChI=1S/C26H33F3N4O2/c27-26(28,29)17-32-7-2-18(3-8-32)11-23(34)33-9-4-25(5-10-33)14-22(25)16-31-24(35)20-12-19-1-6-30-15-21(19)13-20/h1,6,13,15,18,22H,2-5,7-12,14,16-17H2,(H,31,35). The van der Waals surface area contributed by atoms with Crippen molar-refractivity contribution < 1.29 is 22.8 Å². The summed E-state index contributed by atoms with van der Waals surface area (Å²) in [5.74, 6) is 0.783. The molecule has 6 nitrogen and oxygen atoms in total. The maximum Gasteiger partial charge on any atom is 0.401 e. The molecule has 2 amide bonds. The summed E-state index contributed by atoms with van der Waals surface area (Å²) in [6.07, 6.45) is 6.72. The molecule has 1 atom stereocenters. The highest BCUT2D eigenvalue weighted by atomic mass is 19.4. The first kappa shape index (κ1) is 24.3. The number of hydrogen-bond acceptors (Lipinski definition) is 4. The number of rotatable bonds is 6. The number of carbonyl (C=O) groups is 2. The van der Waals surface area contributed by atoms with Gasteiger partial charge in [-0.05, 0) is 85.7 Å². The third kappa shape index (κ3) is 5.71. The van der Waals surface area contributed by atoms with Gasteiger partial charge in [-0.25, -0.2) is 0 Å². The summed E-state index contributed by atoms with van der Waals surface area (Å²) in [5.41, 5.74) is 3.18. The minimum absolute atomic E-state index is 0.00264. The number of hydrogen-bond donors (Lipinski definition) is 1. The van der Waals surface area contributed by atoms with Crippen LogP contribution in [0.1, 0.15) is 49.7 Å². The lowest BCUT2D eigenvalue weighted by atomic mass is 9.89. The molecule has 0 aromatic carbocycles. The second-order valence-electron chi connectivity index (χ2n) is 10.8. The molecule has 0 bridgehead atoms. The van der Waals surface area contributed by atoms with E-state index >= 15 is 0 Å². The largest absolute Gasteiger partial charge is 0.401 e. The van der Waals surface area contributed by atoms with Crippen LogP contribution >= 0.6 is 0 Å². The molecule has 1 aromatic heterocycles. The van der Waals surface area contributed by atoms with Crippen LogP contribution in [0.4, 0.5) is 13.2 Å². The molecule has 1 spiro atoms. The van der Waals surface area contributed by atoms with Gasteiger partial charge in [-0.3, -0.25) is 19.5 Å². The van der Waals surface area contributed by atoms with E-state index in [1.165, 1.54) is 4.90 Å². The average Bonchev–Trinajstić information content (AvgIpc) is 3.29. The fourth-order valence-corrected chi connectivity index (χ4v) is 6.16. The molecule has 9 heteroatoms. The molecule has 2 aliphatic carbocycles. The van der Waals surface area contributed by atoms with Gasteiger partial charge < -0.3 is 10.2 Å². The van der Waals surface area contributed by atoms with Crippen molar-refractivity contribution in [3.8, 4) is 0 Å². The fourth-order valence-electron chi connectivity index (χ4n) is 6.16. The van der Waals surface area contributed by atoms with E-state index in [0.29, 0.717) is 51.2 Å². The van der Waals surface area contributed by atoms with Crippen molar-refractivity contribution in [1.29, 1.82) is 0 Å². The maximum atomic E-state index is 12.8. The van der Waals surface area contributed by atoms with E-state index in [0.717, 1.165) is 49.1 Å². The molecule has 35 heavy (non-hydrogen) atoms. The number of halogens is 3. The van der Waals surface area contributed by atoms with Crippen LogP contribution in [-0.2, 0) is 16.0 Å². The quantitative estimate of drug-likeness (QED) is 0.664. The van der Waals surface area contributed by atoms with Crippen molar-refractivity contribution in [2.45, 2.75) is 51.1 Å². The molecule has 2 saturated heterocycles. The third-order valence-electron chi connectivity index (χ3n) is 8.50. The molecule has 4 aliphatic rings. The third-order valence-corrected chi connectivity index (χ3v) is 8.50. The van der Waals surface area contributed by atoms with E-state index in [1.54, 1.807) is 12.4 Å². The number of pyridine rings is 1. The molecule has 3 fully saturated rings. The second kappa shape index (κ2) is 9.56. The first-order chi connectivity index (χ1) is 16.7. The molecule has 1 aromatic rings. The van der Waals surface area contributed by atoms with E-state index in [1.807, 2.05) is 17.0 Å². The Bertz CT molecular complexity index is 993. The first-order valence-electron chi connectivity index (χ1n) is 12.7. The lowest BCUT2D eigenvalue weighted by Crippen LogP contribution is -2.43. The van der Waals surface area contributed by atoms with Crippen molar-refractivity contribution in [3.63, 3.8) is 0 Å². The second-order valence-corrected chi connectivity index (χ2v) is 10.8. The molecule has 2 aliphatic heterocycles. The molecular formula is C26H33F3N4O2. The Kier molecular flexibility index (Phi) is 6.63. The van der Waals surface area contributed by atoms with Gasteiger partial charge in [0.15, 0.2) is 0 Å². The van der Waals surface area contributed by atoms with Gasteiger partial charge in [-0.1, -0.05) is 0 Å². The summed E-state index contributed by atoms with van der Waals surface area (Å²) < 4.78 is 37.7. The van der Waals surface area contributed by atoms with E-state index in [2.05, 4.69) is 10.3 Å². The number of nitrogens with zero attached hydrogens (tertiary/aromatic N) is 3. The van der Waals surface area contributed by atoms with Crippen LogP contribution in [0.25, 0.3) is 6.08 Å². The van der Waals surface area contributed by atoms with Crippen molar-refractivity contribution in [3.05, 3.63) is 35.2 Å². The number of piperidine rings is 2. The Morgan fingerprint density at radius 3 is 2.57 bits per heavy atom. The van der Waals surface area contributed by atoms with Crippen molar-refractivity contribution in [1.82, 2.24) is 20.1 Å². The average molecular weight is 491 g/mol. The Hall–Kier alpha value is -2.42.